The van der Waals surface area contributed by atoms with Gasteiger partial charge in [-0.05, 0) is 50.3 Å². The third-order valence-electron chi connectivity index (χ3n) is 5.23. The molecule has 0 saturated carbocycles. The van der Waals surface area contributed by atoms with Crippen LogP contribution >= 0.6 is 15.9 Å². The van der Waals surface area contributed by atoms with Gasteiger partial charge in [0.2, 0.25) is 17.7 Å². The highest BCUT2D eigenvalue weighted by Crippen LogP contribution is 2.32. The minimum atomic E-state index is -0.668. The largest absolute Gasteiger partial charge is 0.350 e. The number of hydrogen-bond donors (Lipinski definition) is 3. The van der Waals surface area contributed by atoms with E-state index in [1.165, 1.54) is 0 Å². The predicted octanol–water partition coefficient (Wildman–Crippen LogP) is 1.05. The van der Waals surface area contributed by atoms with E-state index in [0.29, 0.717) is 19.4 Å². The van der Waals surface area contributed by atoms with Crippen molar-refractivity contribution in [3.05, 3.63) is 34.3 Å². The summed E-state index contributed by atoms with van der Waals surface area (Å²) in [7, 11) is 0. The lowest BCUT2D eigenvalue weighted by Gasteiger charge is -2.38. The Balaban J connectivity index is 1.63. The second kappa shape index (κ2) is 8.39. The minimum Gasteiger partial charge on any atom is -0.350 e. The second-order valence-corrected chi connectivity index (χ2v) is 8.18. The van der Waals surface area contributed by atoms with Gasteiger partial charge in [0.15, 0.2) is 0 Å². The number of piperidine rings is 1. The molecule has 4 atom stereocenters. The highest BCUT2D eigenvalue weighted by atomic mass is 79.9. The van der Waals surface area contributed by atoms with Crippen molar-refractivity contribution < 1.29 is 14.4 Å². The van der Waals surface area contributed by atoms with Crippen LogP contribution in [0.3, 0.4) is 0 Å². The molecule has 8 heteroatoms. The molecule has 0 spiro atoms. The first-order chi connectivity index (χ1) is 12.9. The molecule has 2 heterocycles. The van der Waals surface area contributed by atoms with Crippen molar-refractivity contribution in [1.82, 2.24) is 15.5 Å². The molecule has 27 heavy (non-hydrogen) atoms. The summed E-state index contributed by atoms with van der Waals surface area (Å²) in [6.45, 7) is 1.99. The molecule has 1 aromatic carbocycles. The molecule has 7 nitrogen and oxygen atoms in total. The molecule has 146 valence electrons. The SMILES string of the molecule is C[C@H](N)C(=O)N[C@H]1CC[C@H]2CC[C@@H](C(=O)NCc3cccc(Br)c3)N2C1=O. The van der Waals surface area contributed by atoms with Gasteiger partial charge in [-0.25, -0.2) is 0 Å². The van der Waals surface area contributed by atoms with E-state index in [-0.39, 0.29) is 23.8 Å². The number of nitrogens with one attached hydrogen (secondary N) is 2. The molecular formula is C19H25BrN4O3. The van der Waals surface area contributed by atoms with Crippen molar-refractivity contribution in [2.45, 2.75) is 63.3 Å². The van der Waals surface area contributed by atoms with E-state index < -0.39 is 18.1 Å². The molecule has 0 aliphatic carbocycles. The first-order valence-electron chi connectivity index (χ1n) is 9.27. The molecule has 0 radical (unpaired) electrons. The van der Waals surface area contributed by atoms with Crippen molar-refractivity contribution in [3.63, 3.8) is 0 Å². The smallest absolute Gasteiger partial charge is 0.246 e. The molecule has 2 aliphatic rings. The van der Waals surface area contributed by atoms with Crippen LogP contribution in [0.4, 0.5) is 0 Å². The summed E-state index contributed by atoms with van der Waals surface area (Å²) in [6, 6.07) is 6.05. The number of rotatable bonds is 5. The Labute approximate surface area is 167 Å². The van der Waals surface area contributed by atoms with Crippen molar-refractivity contribution in [1.29, 1.82) is 0 Å². The Kier molecular flexibility index (Phi) is 6.16. The average molecular weight is 437 g/mol. The number of nitrogens with zero attached hydrogens (tertiary/aromatic N) is 1. The van der Waals surface area contributed by atoms with E-state index >= 15 is 0 Å². The number of fused-ring (bicyclic) bond motifs is 1. The van der Waals surface area contributed by atoms with Gasteiger partial charge < -0.3 is 21.3 Å². The van der Waals surface area contributed by atoms with Crippen molar-refractivity contribution in [3.8, 4) is 0 Å². The average Bonchev–Trinajstić information content (AvgIpc) is 3.07. The molecule has 0 unspecified atom stereocenters. The van der Waals surface area contributed by atoms with Gasteiger partial charge in [-0.3, -0.25) is 14.4 Å². The van der Waals surface area contributed by atoms with E-state index in [1.807, 2.05) is 24.3 Å². The maximum Gasteiger partial charge on any atom is 0.246 e. The quantitative estimate of drug-likeness (QED) is 0.641. The van der Waals surface area contributed by atoms with Crippen LogP contribution in [-0.2, 0) is 20.9 Å². The molecule has 2 fully saturated rings. The second-order valence-electron chi connectivity index (χ2n) is 7.27. The molecule has 3 rings (SSSR count). The van der Waals surface area contributed by atoms with Crippen LogP contribution in [0.25, 0.3) is 0 Å². The molecule has 2 saturated heterocycles. The first kappa shape index (κ1) is 19.8. The fourth-order valence-electron chi connectivity index (χ4n) is 3.81. The lowest BCUT2D eigenvalue weighted by molar-refractivity contribution is -0.146. The van der Waals surface area contributed by atoms with Gasteiger partial charge in [-0.15, -0.1) is 0 Å². The van der Waals surface area contributed by atoms with Crippen LogP contribution in [0.1, 0.15) is 38.2 Å². The highest BCUT2D eigenvalue weighted by molar-refractivity contribution is 9.10. The third-order valence-corrected chi connectivity index (χ3v) is 5.73. The standard InChI is InChI=1S/C19H25BrN4O3/c1-11(21)17(25)23-15-7-5-14-6-8-16(24(14)19(15)27)18(26)22-10-12-3-2-4-13(20)9-12/h2-4,9,11,14-16H,5-8,10,21H2,1H3,(H,22,26)(H,23,25)/t11-,14-,15-,16-/m0/s1. The summed E-state index contributed by atoms with van der Waals surface area (Å²) in [5.41, 5.74) is 6.57. The van der Waals surface area contributed by atoms with Crippen molar-refractivity contribution in [2.24, 2.45) is 5.73 Å². The molecular weight excluding hydrogens is 412 g/mol. The summed E-state index contributed by atoms with van der Waals surface area (Å²) in [4.78, 5) is 39.1. The summed E-state index contributed by atoms with van der Waals surface area (Å²) in [6.07, 6.45) is 2.83. The van der Waals surface area contributed by atoms with Crippen LogP contribution in [0, 0.1) is 0 Å². The molecule has 4 N–H and O–H groups in total. The number of hydrogen-bond acceptors (Lipinski definition) is 4. The normalized spacial score (nSPS) is 25.7. The Bertz CT molecular complexity index is 739. The summed E-state index contributed by atoms with van der Waals surface area (Å²) in [5.74, 6) is -0.674. The lowest BCUT2D eigenvalue weighted by Crippen LogP contribution is -2.59. The number of nitrogens with two attached hydrogens (primary N) is 1. The number of benzene rings is 1. The Morgan fingerprint density at radius 2 is 2.04 bits per heavy atom. The maximum absolute atomic E-state index is 12.9. The van der Waals surface area contributed by atoms with Gasteiger partial charge in [0, 0.05) is 17.1 Å². The van der Waals surface area contributed by atoms with E-state index in [2.05, 4.69) is 26.6 Å². The molecule has 1 aromatic rings. The van der Waals surface area contributed by atoms with E-state index in [9.17, 15) is 14.4 Å². The topological polar surface area (TPSA) is 105 Å². The van der Waals surface area contributed by atoms with Crippen LogP contribution < -0.4 is 16.4 Å². The Morgan fingerprint density at radius 1 is 1.30 bits per heavy atom. The number of halogens is 1. The fourth-order valence-corrected chi connectivity index (χ4v) is 4.26. The predicted molar refractivity (Wildman–Crippen MR) is 104 cm³/mol. The fraction of sp³-hybridized carbons (Fsp3) is 0.526. The van der Waals surface area contributed by atoms with Crippen molar-refractivity contribution >= 4 is 33.7 Å². The lowest BCUT2D eigenvalue weighted by atomic mass is 9.97. The number of carbonyl (C=O) groups excluding carboxylic acids is 3. The zero-order valence-electron chi connectivity index (χ0n) is 15.3. The van der Waals surface area contributed by atoms with E-state index in [0.717, 1.165) is 22.9 Å². The van der Waals surface area contributed by atoms with Gasteiger partial charge >= 0.3 is 0 Å². The molecule has 0 aromatic heterocycles. The number of carbonyl (C=O) groups is 3. The monoisotopic (exact) mass is 436 g/mol. The van der Waals surface area contributed by atoms with Gasteiger partial charge in [0.1, 0.15) is 12.1 Å². The van der Waals surface area contributed by atoms with E-state index in [4.69, 9.17) is 5.73 Å². The minimum absolute atomic E-state index is 0.0718. The molecule has 0 bridgehead atoms. The zero-order valence-corrected chi connectivity index (χ0v) is 16.9. The van der Waals surface area contributed by atoms with Gasteiger partial charge in [0.05, 0.1) is 6.04 Å². The molecule has 3 amide bonds. The van der Waals surface area contributed by atoms with Gasteiger partial charge in [-0.2, -0.15) is 0 Å². The van der Waals surface area contributed by atoms with Crippen LogP contribution in [0.2, 0.25) is 0 Å². The third kappa shape index (κ3) is 4.50. The van der Waals surface area contributed by atoms with Crippen molar-refractivity contribution in [2.75, 3.05) is 0 Å². The van der Waals surface area contributed by atoms with Crippen LogP contribution in [0.5, 0.6) is 0 Å². The maximum atomic E-state index is 12.9. The van der Waals surface area contributed by atoms with Gasteiger partial charge in [-0.1, -0.05) is 28.1 Å². The zero-order chi connectivity index (χ0) is 19.6. The van der Waals surface area contributed by atoms with Crippen LogP contribution in [-0.4, -0.2) is 46.8 Å². The molecule has 2 aliphatic heterocycles. The van der Waals surface area contributed by atoms with E-state index in [1.54, 1.807) is 11.8 Å². The Morgan fingerprint density at radius 3 is 2.74 bits per heavy atom. The highest BCUT2D eigenvalue weighted by Gasteiger charge is 2.46. The summed E-state index contributed by atoms with van der Waals surface area (Å²) in [5, 5.41) is 5.65. The van der Waals surface area contributed by atoms with Gasteiger partial charge in [0.25, 0.3) is 0 Å². The van der Waals surface area contributed by atoms with Crippen LogP contribution in [0.15, 0.2) is 28.7 Å². The Hall–Kier alpha value is -1.93. The first-order valence-corrected chi connectivity index (χ1v) is 10.1. The summed E-state index contributed by atoms with van der Waals surface area (Å²) >= 11 is 3.42. The summed E-state index contributed by atoms with van der Waals surface area (Å²) < 4.78 is 0.953. The number of amides is 3.